The molecule has 6 nitrogen and oxygen atoms in total. The lowest BCUT2D eigenvalue weighted by Crippen LogP contribution is -2.30. The molecule has 1 aromatic heterocycles. The number of aryl methyl sites for hydroxylation is 2. The van der Waals surface area contributed by atoms with Crippen LogP contribution in [0, 0.1) is 0 Å². The van der Waals surface area contributed by atoms with Crippen LogP contribution in [0.2, 0.25) is 0 Å². The summed E-state index contributed by atoms with van der Waals surface area (Å²) in [6.07, 6.45) is 2.34. The van der Waals surface area contributed by atoms with Gasteiger partial charge in [-0.05, 0) is 47.5 Å². The monoisotopic (exact) mass is 393 g/mol. The Balaban J connectivity index is 1.57. The number of benzene rings is 2. The summed E-state index contributed by atoms with van der Waals surface area (Å²) in [7, 11) is 3.44. The molecule has 2 amide bonds. The van der Waals surface area contributed by atoms with Crippen molar-refractivity contribution < 1.29 is 9.59 Å². The highest BCUT2D eigenvalue weighted by atomic mass is 32.2. The first-order chi connectivity index (χ1) is 13.5. The minimum Gasteiger partial charge on any atom is -0.295 e. The molecule has 1 aliphatic rings. The number of fused-ring (bicyclic) bond motifs is 1. The quantitative estimate of drug-likeness (QED) is 0.639. The molecule has 3 aromatic rings. The van der Waals surface area contributed by atoms with Gasteiger partial charge in [-0.2, -0.15) is 0 Å². The molecule has 0 spiro atoms. The second kappa shape index (κ2) is 7.16. The maximum atomic E-state index is 12.7. The fraction of sp³-hybridized carbons (Fsp3) is 0.190. The number of thioether (sulfide) groups is 1. The Morgan fingerprint density at radius 2 is 1.64 bits per heavy atom. The van der Waals surface area contributed by atoms with Crippen molar-refractivity contribution in [2.24, 2.45) is 14.1 Å². The average Bonchev–Trinajstić information content (AvgIpc) is 3.09. The van der Waals surface area contributed by atoms with E-state index < -0.39 is 0 Å². The second-order valence-corrected chi connectivity index (χ2v) is 7.71. The molecule has 0 N–H and O–H groups in total. The molecule has 4 rings (SSSR count). The summed E-state index contributed by atoms with van der Waals surface area (Å²) in [5, 5.41) is -0.250. The Labute approximate surface area is 166 Å². The van der Waals surface area contributed by atoms with Gasteiger partial charge in [0, 0.05) is 20.6 Å². The normalized spacial score (nSPS) is 15.9. The van der Waals surface area contributed by atoms with Crippen molar-refractivity contribution in [3.05, 3.63) is 75.0 Å². The summed E-state index contributed by atoms with van der Waals surface area (Å²) >= 11 is 0.955. The van der Waals surface area contributed by atoms with E-state index in [4.69, 9.17) is 0 Å². The lowest BCUT2D eigenvalue weighted by atomic mass is 10.1. The van der Waals surface area contributed by atoms with Crippen molar-refractivity contribution in [2.75, 3.05) is 6.54 Å². The Bertz CT molecular complexity index is 1170. The van der Waals surface area contributed by atoms with Crippen LogP contribution in [0.1, 0.15) is 11.1 Å². The number of imide groups is 1. The second-order valence-electron chi connectivity index (χ2n) is 6.72. The van der Waals surface area contributed by atoms with E-state index in [0.717, 1.165) is 33.9 Å². The molecule has 0 unspecified atom stereocenters. The molecular formula is C21H19N3O3S. The maximum absolute atomic E-state index is 12.7. The lowest BCUT2D eigenvalue weighted by Gasteiger charge is -2.12. The standard InChI is InChI=1S/C21H19N3O3S/c1-22-16-9-8-15(12-17(16)23(2)20(22)26)13-18-19(25)24(21(27)28-18)11-10-14-6-4-3-5-7-14/h3-9,12-13H,10-11H2,1-2H3/b18-13+. The van der Waals surface area contributed by atoms with Gasteiger partial charge in [-0.1, -0.05) is 36.4 Å². The van der Waals surface area contributed by atoms with Gasteiger partial charge in [0.15, 0.2) is 0 Å². The van der Waals surface area contributed by atoms with Crippen LogP contribution in [0.4, 0.5) is 4.79 Å². The van der Waals surface area contributed by atoms with Crippen LogP contribution < -0.4 is 5.69 Å². The zero-order valence-corrected chi connectivity index (χ0v) is 16.4. The minimum atomic E-state index is -0.270. The van der Waals surface area contributed by atoms with Gasteiger partial charge in [0.25, 0.3) is 11.1 Å². The number of amides is 2. The third kappa shape index (κ3) is 3.18. The van der Waals surface area contributed by atoms with Crippen LogP contribution in [-0.2, 0) is 25.3 Å². The molecule has 2 heterocycles. The molecule has 142 valence electrons. The summed E-state index contributed by atoms with van der Waals surface area (Å²) in [5.74, 6) is -0.270. The van der Waals surface area contributed by atoms with Gasteiger partial charge in [-0.25, -0.2) is 4.79 Å². The zero-order chi connectivity index (χ0) is 19.8. The summed E-state index contributed by atoms with van der Waals surface area (Å²) in [6.45, 7) is 0.359. The largest absolute Gasteiger partial charge is 0.328 e. The number of nitrogens with zero attached hydrogens (tertiary/aromatic N) is 3. The Kier molecular flexibility index (Phi) is 4.68. The van der Waals surface area contributed by atoms with E-state index in [9.17, 15) is 14.4 Å². The predicted molar refractivity (Wildman–Crippen MR) is 111 cm³/mol. The highest BCUT2D eigenvalue weighted by molar-refractivity contribution is 8.18. The Morgan fingerprint density at radius 3 is 2.39 bits per heavy atom. The first-order valence-corrected chi connectivity index (χ1v) is 9.72. The molecule has 0 radical (unpaired) electrons. The Hall–Kier alpha value is -3.06. The number of hydrogen-bond donors (Lipinski definition) is 0. The third-order valence-corrected chi connectivity index (χ3v) is 5.84. The average molecular weight is 393 g/mol. The van der Waals surface area contributed by atoms with Crippen LogP contribution in [-0.4, -0.2) is 31.7 Å². The van der Waals surface area contributed by atoms with Crippen molar-refractivity contribution in [2.45, 2.75) is 6.42 Å². The summed E-state index contributed by atoms with van der Waals surface area (Å²) < 4.78 is 3.15. The van der Waals surface area contributed by atoms with Gasteiger partial charge in [-0.15, -0.1) is 0 Å². The zero-order valence-electron chi connectivity index (χ0n) is 15.6. The van der Waals surface area contributed by atoms with Gasteiger partial charge in [0.05, 0.1) is 15.9 Å². The highest BCUT2D eigenvalue weighted by Gasteiger charge is 2.34. The van der Waals surface area contributed by atoms with E-state index in [1.807, 2.05) is 48.5 Å². The van der Waals surface area contributed by atoms with E-state index in [-0.39, 0.29) is 16.8 Å². The summed E-state index contributed by atoms with van der Waals surface area (Å²) in [4.78, 5) is 38.8. The molecule has 2 aromatic carbocycles. The number of carbonyl (C=O) groups excluding carboxylic acids is 2. The SMILES string of the molecule is Cn1c(=O)n(C)c2cc(/C=C3/SC(=O)N(CCc4ccccc4)C3=O)ccc21. The molecule has 28 heavy (non-hydrogen) atoms. The van der Waals surface area contributed by atoms with E-state index in [1.54, 1.807) is 29.3 Å². The number of aromatic nitrogens is 2. The molecule has 1 fully saturated rings. The summed E-state index contributed by atoms with van der Waals surface area (Å²) in [5.41, 5.74) is 3.36. The lowest BCUT2D eigenvalue weighted by molar-refractivity contribution is -0.122. The van der Waals surface area contributed by atoms with Crippen molar-refractivity contribution in [3.63, 3.8) is 0 Å². The molecule has 0 bridgehead atoms. The van der Waals surface area contributed by atoms with Crippen molar-refractivity contribution in [1.29, 1.82) is 0 Å². The highest BCUT2D eigenvalue weighted by Crippen LogP contribution is 2.32. The third-order valence-electron chi connectivity index (χ3n) is 4.93. The minimum absolute atomic E-state index is 0.103. The van der Waals surface area contributed by atoms with Gasteiger partial charge in [-0.3, -0.25) is 23.6 Å². The molecule has 0 saturated carbocycles. The number of carbonyl (C=O) groups is 2. The number of imidazole rings is 1. The fourth-order valence-electron chi connectivity index (χ4n) is 3.34. The maximum Gasteiger partial charge on any atom is 0.328 e. The van der Waals surface area contributed by atoms with Crippen molar-refractivity contribution in [1.82, 2.24) is 14.0 Å². The predicted octanol–water partition coefficient (Wildman–Crippen LogP) is 3.16. The molecule has 1 aliphatic heterocycles. The number of rotatable bonds is 4. The molecular weight excluding hydrogens is 374 g/mol. The van der Waals surface area contributed by atoms with Crippen molar-refractivity contribution in [3.8, 4) is 0 Å². The van der Waals surface area contributed by atoms with Gasteiger partial charge in [0.2, 0.25) is 0 Å². The first kappa shape index (κ1) is 18.3. The van der Waals surface area contributed by atoms with Crippen LogP contribution in [0.3, 0.4) is 0 Å². The number of hydrogen-bond acceptors (Lipinski definition) is 4. The fourth-order valence-corrected chi connectivity index (χ4v) is 4.21. The van der Waals surface area contributed by atoms with Crippen LogP contribution >= 0.6 is 11.8 Å². The topological polar surface area (TPSA) is 64.3 Å². The van der Waals surface area contributed by atoms with Crippen molar-refractivity contribution >= 4 is 40.0 Å². The Morgan fingerprint density at radius 1 is 0.929 bits per heavy atom. The van der Waals surface area contributed by atoms with E-state index in [1.165, 1.54) is 4.90 Å². The summed E-state index contributed by atoms with van der Waals surface area (Å²) in [6, 6.07) is 15.3. The smallest absolute Gasteiger partial charge is 0.295 e. The van der Waals surface area contributed by atoms with Crippen LogP contribution in [0.25, 0.3) is 17.1 Å². The van der Waals surface area contributed by atoms with Crippen LogP contribution in [0.15, 0.2) is 58.2 Å². The van der Waals surface area contributed by atoms with E-state index in [0.29, 0.717) is 17.9 Å². The van der Waals surface area contributed by atoms with Gasteiger partial charge in [0.1, 0.15) is 0 Å². The van der Waals surface area contributed by atoms with Crippen LogP contribution in [0.5, 0.6) is 0 Å². The van der Waals surface area contributed by atoms with Gasteiger partial charge < -0.3 is 0 Å². The molecule has 7 heteroatoms. The van der Waals surface area contributed by atoms with E-state index >= 15 is 0 Å². The van der Waals surface area contributed by atoms with Gasteiger partial charge >= 0.3 is 5.69 Å². The first-order valence-electron chi connectivity index (χ1n) is 8.90. The molecule has 0 aliphatic carbocycles. The van der Waals surface area contributed by atoms with E-state index in [2.05, 4.69) is 0 Å². The molecule has 1 saturated heterocycles. The molecule has 0 atom stereocenters.